The monoisotopic (exact) mass is 484 g/mol. The zero-order valence-electron chi connectivity index (χ0n) is 21.2. The van der Waals surface area contributed by atoms with Crippen molar-refractivity contribution >= 4 is 11.9 Å². The molecule has 0 unspecified atom stereocenters. The first-order chi connectivity index (χ1) is 16.7. The van der Waals surface area contributed by atoms with E-state index in [0.717, 1.165) is 5.56 Å². The van der Waals surface area contributed by atoms with Crippen molar-refractivity contribution in [2.75, 3.05) is 33.3 Å². The van der Waals surface area contributed by atoms with Gasteiger partial charge < -0.3 is 18.8 Å². The first kappa shape index (κ1) is 26.5. The number of nitrogens with zero attached hydrogens (tertiary/aromatic N) is 2. The SMILES string of the molecule is COC(=O)CCCC(=O)N1CCN(Cc2cc(=O)c(OCc3ccc(C(C)(C)C)cc3)co2)CC1. The fourth-order valence-electron chi connectivity index (χ4n) is 3.91. The van der Waals surface area contributed by atoms with Crippen molar-refractivity contribution in [1.82, 2.24) is 9.80 Å². The summed E-state index contributed by atoms with van der Waals surface area (Å²) >= 11 is 0. The van der Waals surface area contributed by atoms with Crippen molar-refractivity contribution in [2.24, 2.45) is 0 Å². The third-order valence-corrected chi connectivity index (χ3v) is 6.17. The van der Waals surface area contributed by atoms with Gasteiger partial charge in [-0.2, -0.15) is 0 Å². The van der Waals surface area contributed by atoms with Gasteiger partial charge in [-0.15, -0.1) is 0 Å². The third kappa shape index (κ3) is 7.96. The van der Waals surface area contributed by atoms with E-state index in [2.05, 4.69) is 42.5 Å². The summed E-state index contributed by atoms with van der Waals surface area (Å²) in [6, 6.07) is 9.67. The first-order valence-electron chi connectivity index (χ1n) is 12.1. The van der Waals surface area contributed by atoms with E-state index in [0.29, 0.717) is 57.9 Å². The molecule has 0 spiro atoms. The average molecular weight is 485 g/mol. The standard InChI is InChI=1S/C27H36N2O6/c1-27(2,3)21-10-8-20(9-11-21)18-35-24-19-34-22(16-23(24)30)17-28-12-14-29(15-13-28)25(31)6-5-7-26(32)33-4/h8-11,16,19H,5-7,12-15,17-18H2,1-4H3. The van der Waals surface area contributed by atoms with Crippen molar-refractivity contribution in [2.45, 2.75) is 58.6 Å². The van der Waals surface area contributed by atoms with Gasteiger partial charge in [-0.25, -0.2) is 0 Å². The molecule has 0 radical (unpaired) electrons. The molecule has 0 atom stereocenters. The molecule has 1 saturated heterocycles. The van der Waals surface area contributed by atoms with Crippen molar-refractivity contribution < 1.29 is 23.5 Å². The van der Waals surface area contributed by atoms with E-state index < -0.39 is 0 Å². The highest BCUT2D eigenvalue weighted by atomic mass is 16.5. The summed E-state index contributed by atoms with van der Waals surface area (Å²) in [6.07, 6.45) is 2.46. The second-order valence-corrected chi connectivity index (χ2v) is 9.90. The maximum Gasteiger partial charge on any atom is 0.305 e. The van der Waals surface area contributed by atoms with Gasteiger partial charge in [-0.1, -0.05) is 45.0 Å². The van der Waals surface area contributed by atoms with Crippen LogP contribution in [0.15, 0.2) is 45.8 Å². The van der Waals surface area contributed by atoms with Crippen molar-refractivity contribution in [3.8, 4) is 5.75 Å². The Bertz CT molecular complexity index is 1050. The van der Waals surface area contributed by atoms with Gasteiger partial charge in [0.25, 0.3) is 0 Å². The minimum absolute atomic E-state index is 0.0506. The minimum atomic E-state index is -0.296. The predicted molar refractivity (Wildman–Crippen MR) is 132 cm³/mol. The van der Waals surface area contributed by atoms with Crippen LogP contribution in [0.2, 0.25) is 0 Å². The van der Waals surface area contributed by atoms with Crippen molar-refractivity contribution in [3.05, 3.63) is 63.7 Å². The molecule has 1 fully saturated rings. The predicted octanol–water partition coefficient (Wildman–Crippen LogP) is 3.50. The molecule has 0 N–H and O–H groups in total. The molecule has 2 heterocycles. The Morgan fingerprint density at radius 2 is 1.71 bits per heavy atom. The molecular weight excluding hydrogens is 448 g/mol. The molecule has 8 heteroatoms. The van der Waals surface area contributed by atoms with Crippen molar-refractivity contribution in [3.63, 3.8) is 0 Å². The smallest absolute Gasteiger partial charge is 0.305 e. The lowest BCUT2D eigenvalue weighted by Gasteiger charge is -2.34. The van der Waals surface area contributed by atoms with Crippen molar-refractivity contribution in [1.29, 1.82) is 0 Å². The van der Waals surface area contributed by atoms with E-state index in [1.165, 1.54) is 25.0 Å². The van der Waals surface area contributed by atoms with Gasteiger partial charge in [-0.05, 0) is 23.0 Å². The quantitative estimate of drug-likeness (QED) is 0.503. The number of carbonyl (C=O) groups excluding carboxylic acids is 2. The molecule has 1 aromatic heterocycles. The summed E-state index contributed by atoms with van der Waals surface area (Å²) in [5.74, 6) is 0.510. The number of methoxy groups -OCH3 is 1. The molecule has 1 aromatic carbocycles. The lowest BCUT2D eigenvalue weighted by Crippen LogP contribution is -2.48. The van der Waals surface area contributed by atoms with Crippen LogP contribution in [0.3, 0.4) is 0 Å². The van der Waals surface area contributed by atoms with Gasteiger partial charge >= 0.3 is 5.97 Å². The van der Waals surface area contributed by atoms with E-state index in [9.17, 15) is 14.4 Å². The van der Waals surface area contributed by atoms with Crippen LogP contribution in [0, 0.1) is 0 Å². The topological polar surface area (TPSA) is 89.3 Å². The molecule has 0 bridgehead atoms. The van der Waals surface area contributed by atoms with E-state index in [1.54, 1.807) is 0 Å². The Balaban J connectivity index is 1.44. The van der Waals surface area contributed by atoms with Crippen LogP contribution < -0.4 is 10.2 Å². The lowest BCUT2D eigenvalue weighted by molar-refractivity contribution is -0.141. The normalized spacial score (nSPS) is 14.6. The highest BCUT2D eigenvalue weighted by Gasteiger charge is 2.22. The number of esters is 1. The molecule has 2 aromatic rings. The number of carbonyl (C=O) groups is 2. The molecule has 0 aliphatic carbocycles. The van der Waals surface area contributed by atoms with E-state index >= 15 is 0 Å². The number of hydrogen-bond donors (Lipinski definition) is 0. The second kappa shape index (κ2) is 12.0. The number of hydrogen-bond acceptors (Lipinski definition) is 7. The molecule has 1 aliphatic heterocycles. The zero-order valence-corrected chi connectivity index (χ0v) is 21.2. The van der Waals surface area contributed by atoms with Crippen LogP contribution in [0.1, 0.15) is 56.9 Å². The summed E-state index contributed by atoms with van der Waals surface area (Å²) in [5, 5.41) is 0. The summed E-state index contributed by atoms with van der Waals surface area (Å²) in [4.78, 5) is 40.0. The average Bonchev–Trinajstić information content (AvgIpc) is 2.83. The Morgan fingerprint density at radius 1 is 1.03 bits per heavy atom. The van der Waals surface area contributed by atoms with Gasteiger partial charge in [0, 0.05) is 45.1 Å². The molecule has 8 nitrogen and oxygen atoms in total. The first-order valence-corrected chi connectivity index (χ1v) is 12.1. The fourth-order valence-corrected chi connectivity index (χ4v) is 3.91. The summed E-state index contributed by atoms with van der Waals surface area (Å²) < 4.78 is 16.0. The molecule has 1 aliphatic rings. The Hall–Kier alpha value is -3.13. The third-order valence-electron chi connectivity index (χ3n) is 6.17. The Kier molecular flexibility index (Phi) is 9.09. The van der Waals surface area contributed by atoms with Crippen LogP contribution in [0.5, 0.6) is 5.75 Å². The Labute approximate surface area is 206 Å². The highest BCUT2D eigenvalue weighted by molar-refractivity contribution is 5.77. The van der Waals surface area contributed by atoms with E-state index in [1.807, 2.05) is 17.0 Å². The van der Waals surface area contributed by atoms with Crippen LogP contribution in [-0.4, -0.2) is 55.0 Å². The molecule has 1 amide bonds. The molecule has 3 rings (SSSR count). The number of amides is 1. The molecular formula is C27H36N2O6. The zero-order chi connectivity index (χ0) is 25.4. The number of benzene rings is 1. The second-order valence-electron chi connectivity index (χ2n) is 9.90. The van der Waals surface area contributed by atoms with Crippen LogP contribution in [0.25, 0.3) is 0 Å². The maximum atomic E-state index is 12.5. The maximum absolute atomic E-state index is 12.5. The highest BCUT2D eigenvalue weighted by Crippen LogP contribution is 2.22. The van der Waals surface area contributed by atoms with Gasteiger partial charge in [0.2, 0.25) is 17.1 Å². The number of piperazine rings is 1. The van der Waals surface area contributed by atoms with Crippen LogP contribution in [0.4, 0.5) is 0 Å². The summed E-state index contributed by atoms with van der Waals surface area (Å²) in [7, 11) is 1.35. The molecule has 190 valence electrons. The molecule has 35 heavy (non-hydrogen) atoms. The Morgan fingerprint density at radius 3 is 2.31 bits per heavy atom. The number of ether oxygens (including phenoxy) is 2. The van der Waals surface area contributed by atoms with Gasteiger partial charge in [-0.3, -0.25) is 19.3 Å². The molecule has 0 saturated carbocycles. The largest absolute Gasteiger partial charge is 0.482 e. The van der Waals surface area contributed by atoms with Crippen LogP contribution in [-0.2, 0) is 32.9 Å². The van der Waals surface area contributed by atoms with Crippen LogP contribution >= 0.6 is 0 Å². The van der Waals surface area contributed by atoms with Gasteiger partial charge in [0.15, 0.2) is 0 Å². The van der Waals surface area contributed by atoms with E-state index in [4.69, 9.17) is 9.15 Å². The van der Waals surface area contributed by atoms with Gasteiger partial charge in [0.1, 0.15) is 18.6 Å². The fraction of sp³-hybridized carbons (Fsp3) is 0.519. The summed E-state index contributed by atoms with van der Waals surface area (Å²) in [5.41, 5.74) is 2.11. The summed E-state index contributed by atoms with van der Waals surface area (Å²) in [6.45, 7) is 9.89. The number of rotatable bonds is 9. The van der Waals surface area contributed by atoms with Gasteiger partial charge in [0.05, 0.1) is 13.7 Å². The minimum Gasteiger partial charge on any atom is -0.482 e. The van der Waals surface area contributed by atoms with E-state index in [-0.39, 0.29) is 34.9 Å². The lowest BCUT2D eigenvalue weighted by atomic mass is 9.87.